The number of esters is 2. The molecule has 0 aliphatic carbocycles. The summed E-state index contributed by atoms with van der Waals surface area (Å²) in [5.41, 5.74) is -0.976. The molecule has 1 fully saturated rings. The third-order valence-electron chi connectivity index (χ3n) is 4.07. The van der Waals surface area contributed by atoms with Gasteiger partial charge < -0.3 is 9.84 Å². The lowest BCUT2D eigenvalue weighted by Crippen LogP contribution is -2.39. The van der Waals surface area contributed by atoms with Crippen LogP contribution in [0.15, 0.2) is 0 Å². The minimum absolute atomic E-state index is 0.0375. The van der Waals surface area contributed by atoms with Gasteiger partial charge in [-0.05, 0) is 12.8 Å². The second-order valence-electron chi connectivity index (χ2n) is 5.54. The zero-order valence-electron chi connectivity index (χ0n) is 12.1. The highest BCUT2D eigenvalue weighted by molar-refractivity contribution is 5.97. The molecule has 4 heteroatoms. The van der Waals surface area contributed by atoms with Crippen LogP contribution in [0.25, 0.3) is 0 Å². The summed E-state index contributed by atoms with van der Waals surface area (Å²) in [5, 5.41) is 10.1. The van der Waals surface area contributed by atoms with Crippen molar-refractivity contribution in [2.24, 2.45) is 5.41 Å². The SMILES string of the molecule is CCCCCCCCC1(C(O)CC)CC(=O)OC1=O. The maximum atomic E-state index is 11.9. The van der Waals surface area contributed by atoms with Gasteiger partial charge in [0.15, 0.2) is 0 Å². The Morgan fingerprint density at radius 1 is 1.16 bits per heavy atom. The van der Waals surface area contributed by atoms with E-state index in [1.54, 1.807) is 0 Å². The number of cyclic esters (lactones) is 2. The molecule has 1 aliphatic heterocycles. The molecule has 0 amide bonds. The Labute approximate surface area is 115 Å². The molecule has 1 N–H and O–H groups in total. The maximum absolute atomic E-state index is 11.9. The Morgan fingerprint density at radius 3 is 2.32 bits per heavy atom. The van der Waals surface area contributed by atoms with Crippen LogP contribution in [0.5, 0.6) is 0 Å². The van der Waals surface area contributed by atoms with Crippen LogP contribution in [0.4, 0.5) is 0 Å². The van der Waals surface area contributed by atoms with E-state index in [9.17, 15) is 14.7 Å². The van der Waals surface area contributed by atoms with Gasteiger partial charge in [-0.25, -0.2) is 0 Å². The summed E-state index contributed by atoms with van der Waals surface area (Å²) in [5.74, 6) is -1.02. The van der Waals surface area contributed by atoms with Gasteiger partial charge in [0.25, 0.3) is 0 Å². The summed E-state index contributed by atoms with van der Waals surface area (Å²) in [6.45, 7) is 4.00. The van der Waals surface area contributed by atoms with Crippen molar-refractivity contribution >= 4 is 11.9 Å². The number of carbonyl (C=O) groups is 2. The molecular weight excluding hydrogens is 244 g/mol. The summed E-state index contributed by atoms with van der Waals surface area (Å²) in [7, 11) is 0. The van der Waals surface area contributed by atoms with Crippen molar-refractivity contribution in [3.05, 3.63) is 0 Å². The van der Waals surface area contributed by atoms with Gasteiger partial charge in [-0.3, -0.25) is 9.59 Å². The van der Waals surface area contributed by atoms with Crippen molar-refractivity contribution in [2.75, 3.05) is 0 Å². The van der Waals surface area contributed by atoms with E-state index in [0.29, 0.717) is 12.8 Å². The van der Waals surface area contributed by atoms with E-state index in [1.807, 2.05) is 6.92 Å². The molecule has 0 aromatic heterocycles. The van der Waals surface area contributed by atoms with Crippen LogP contribution in [0.3, 0.4) is 0 Å². The maximum Gasteiger partial charge on any atom is 0.322 e. The first-order valence-corrected chi connectivity index (χ1v) is 7.50. The van der Waals surface area contributed by atoms with Crippen molar-refractivity contribution in [1.29, 1.82) is 0 Å². The Balaban J connectivity index is 2.48. The van der Waals surface area contributed by atoms with E-state index in [-0.39, 0.29) is 6.42 Å². The van der Waals surface area contributed by atoms with Crippen molar-refractivity contribution in [2.45, 2.75) is 77.7 Å². The predicted octanol–water partition coefficient (Wildman–Crippen LogP) is 2.97. The lowest BCUT2D eigenvalue weighted by Gasteiger charge is -2.28. The summed E-state index contributed by atoms with van der Waals surface area (Å²) >= 11 is 0. The number of carbonyl (C=O) groups excluding carboxylic acids is 2. The van der Waals surface area contributed by atoms with Gasteiger partial charge in [-0.2, -0.15) is 0 Å². The zero-order valence-corrected chi connectivity index (χ0v) is 12.1. The summed E-state index contributed by atoms with van der Waals surface area (Å²) in [4.78, 5) is 23.2. The van der Waals surface area contributed by atoms with E-state index in [2.05, 4.69) is 11.7 Å². The van der Waals surface area contributed by atoms with E-state index in [1.165, 1.54) is 19.3 Å². The predicted molar refractivity (Wildman–Crippen MR) is 72.4 cm³/mol. The van der Waals surface area contributed by atoms with Crippen LogP contribution in [-0.4, -0.2) is 23.1 Å². The fourth-order valence-electron chi connectivity index (χ4n) is 2.79. The van der Waals surface area contributed by atoms with Crippen molar-refractivity contribution in [1.82, 2.24) is 0 Å². The Hall–Kier alpha value is -0.900. The standard InChI is InChI=1S/C15H26O4/c1-3-5-6-7-8-9-10-15(12(16)4-2)11-13(17)19-14(15)18/h12,16H,3-11H2,1-2H3. The summed E-state index contributed by atoms with van der Waals surface area (Å²) < 4.78 is 4.66. The van der Waals surface area contributed by atoms with Crippen LogP contribution in [0, 0.1) is 5.41 Å². The summed E-state index contributed by atoms with van der Waals surface area (Å²) in [6.07, 6.45) is 7.00. The van der Waals surface area contributed by atoms with Gasteiger partial charge in [-0.1, -0.05) is 52.4 Å². The molecule has 2 unspecified atom stereocenters. The first-order chi connectivity index (χ1) is 9.06. The van der Waals surface area contributed by atoms with E-state index in [4.69, 9.17) is 0 Å². The molecule has 0 bridgehead atoms. The normalized spacial score (nSPS) is 24.6. The molecule has 0 spiro atoms. The van der Waals surface area contributed by atoms with Gasteiger partial charge in [0.1, 0.15) is 5.41 Å². The Bertz CT molecular complexity index is 313. The molecular formula is C15H26O4. The topological polar surface area (TPSA) is 63.6 Å². The average molecular weight is 270 g/mol. The summed E-state index contributed by atoms with van der Waals surface area (Å²) in [6, 6.07) is 0. The quantitative estimate of drug-likeness (QED) is 0.397. The van der Waals surface area contributed by atoms with Crippen LogP contribution in [0.1, 0.15) is 71.6 Å². The van der Waals surface area contributed by atoms with Gasteiger partial charge in [0.05, 0.1) is 12.5 Å². The molecule has 1 heterocycles. The fourth-order valence-corrected chi connectivity index (χ4v) is 2.79. The number of hydrogen-bond donors (Lipinski definition) is 1. The third kappa shape index (κ3) is 4.03. The number of rotatable bonds is 9. The average Bonchev–Trinajstić information content (AvgIpc) is 2.68. The molecule has 0 aromatic carbocycles. The largest absolute Gasteiger partial charge is 0.393 e. The smallest absolute Gasteiger partial charge is 0.322 e. The number of aliphatic hydroxyl groups excluding tert-OH is 1. The van der Waals surface area contributed by atoms with Gasteiger partial charge in [0.2, 0.25) is 0 Å². The monoisotopic (exact) mass is 270 g/mol. The third-order valence-corrected chi connectivity index (χ3v) is 4.07. The zero-order chi connectivity index (χ0) is 14.3. The van der Waals surface area contributed by atoms with Crippen molar-refractivity contribution < 1.29 is 19.4 Å². The molecule has 110 valence electrons. The van der Waals surface area contributed by atoms with Crippen molar-refractivity contribution in [3.63, 3.8) is 0 Å². The molecule has 1 aliphatic rings. The first kappa shape index (κ1) is 16.2. The lowest BCUT2D eigenvalue weighted by molar-refractivity contribution is -0.158. The van der Waals surface area contributed by atoms with Crippen molar-refractivity contribution in [3.8, 4) is 0 Å². The number of unbranched alkanes of at least 4 members (excludes halogenated alkanes) is 5. The van der Waals surface area contributed by atoms with Crippen LogP contribution in [0.2, 0.25) is 0 Å². The molecule has 19 heavy (non-hydrogen) atoms. The molecule has 1 rings (SSSR count). The van der Waals surface area contributed by atoms with Gasteiger partial charge >= 0.3 is 11.9 Å². The Kier molecular flexibility index (Phi) is 6.49. The van der Waals surface area contributed by atoms with E-state index in [0.717, 1.165) is 19.3 Å². The first-order valence-electron chi connectivity index (χ1n) is 7.50. The minimum atomic E-state index is -0.976. The highest BCUT2D eigenvalue weighted by atomic mass is 16.6. The number of hydrogen-bond acceptors (Lipinski definition) is 4. The van der Waals surface area contributed by atoms with Crippen LogP contribution >= 0.6 is 0 Å². The molecule has 0 saturated carbocycles. The highest BCUT2D eigenvalue weighted by Crippen LogP contribution is 2.40. The minimum Gasteiger partial charge on any atom is -0.393 e. The second-order valence-corrected chi connectivity index (χ2v) is 5.54. The molecule has 1 saturated heterocycles. The Morgan fingerprint density at radius 2 is 1.79 bits per heavy atom. The second kappa shape index (κ2) is 7.63. The molecule has 4 nitrogen and oxygen atoms in total. The van der Waals surface area contributed by atoms with Crippen LogP contribution in [-0.2, 0) is 14.3 Å². The number of ether oxygens (including phenoxy) is 1. The fraction of sp³-hybridized carbons (Fsp3) is 0.867. The van der Waals surface area contributed by atoms with Crippen LogP contribution < -0.4 is 0 Å². The highest BCUT2D eigenvalue weighted by Gasteiger charge is 2.52. The van der Waals surface area contributed by atoms with Gasteiger partial charge in [0, 0.05) is 0 Å². The van der Waals surface area contributed by atoms with E-state index < -0.39 is 23.5 Å². The van der Waals surface area contributed by atoms with Gasteiger partial charge in [-0.15, -0.1) is 0 Å². The lowest BCUT2D eigenvalue weighted by atomic mass is 9.75. The molecule has 0 aromatic rings. The molecule has 0 radical (unpaired) electrons. The molecule has 2 atom stereocenters. The van der Waals surface area contributed by atoms with E-state index >= 15 is 0 Å². The number of aliphatic hydroxyl groups is 1.